The molecule has 1 aromatic heterocycles. The van der Waals surface area contributed by atoms with Crippen LogP contribution in [-0.4, -0.2) is 52.5 Å². The number of aromatic amines is 1. The summed E-state index contributed by atoms with van der Waals surface area (Å²) in [5.41, 5.74) is 13.3. The zero-order valence-corrected chi connectivity index (χ0v) is 21.3. The molecule has 38 heavy (non-hydrogen) atoms. The number of primary amides is 1. The third-order valence-electron chi connectivity index (χ3n) is 5.87. The zero-order valence-electron chi connectivity index (χ0n) is 21.3. The molecule has 202 valence electrons. The highest BCUT2D eigenvalue weighted by molar-refractivity contribution is 6.00. The van der Waals surface area contributed by atoms with Crippen molar-refractivity contribution in [1.82, 2.24) is 10.3 Å². The van der Waals surface area contributed by atoms with E-state index in [1.165, 1.54) is 18.2 Å². The first kappa shape index (κ1) is 28.2. The van der Waals surface area contributed by atoms with E-state index in [-0.39, 0.29) is 42.4 Å². The van der Waals surface area contributed by atoms with Crippen LogP contribution in [0.5, 0.6) is 5.75 Å². The van der Waals surface area contributed by atoms with E-state index in [1.807, 2.05) is 44.3 Å². The first-order valence-corrected chi connectivity index (χ1v) is 12.3. The number of anilines is 1. The highest BCUT2D eigenvalue weighted by atomic mass is 16.5. The lowest BCUT2D eigenvalue weighted by atomic mass is 10.0. The highest BCUT2D eigenvalue weighted by Gasteiger charge is 2.23. The van der Waals surface area contributed by atoms with Gasteiger partial charge in [-0.1, -0.05) is 32.0 Å². The molecule has 0 spiro atoms. The molecule has 0 aliphatic heterocycles. The molecule has 0 saturated heterocycles. The summed E-state index contributed by atoms with van der Waals surface area (Å²) in [5.74, 6) is -2.85. The van der Waals surface area contributed by atoms with Gasteiger partial charge in [-0.05, 0) is 42.2 Å². The Morgan fingerprint density at radius 3 is 2.53 bits per heavy atom. The quantitative estimate of drug-likeness (QED) is 0.198. The van der Waals surface area contributed by atoms with E-state index in [9.17, 15) is 24.3 Å². The molecule has 3 rings (SSSR count). The number of hydrogen-bond acceptors (Lipinski definition) is 6. The Kier molecular flexibility index (Phi) is 9.44. The van der Waals surface area contributed by atoms with E-state index in [0.29, 0.717) is 6.42 Å². The lowest BCUT2D eigenvalue weighted by Gasteiger charge is -2.18. The number of H-pyrrole nitrogens is 1. The number of nitrogens with two attached hydrogens (primary N) is 2. The van der Waals surface area contributed by atoms with Gasteiger partial charge < -0.3 is 36.9 Å². The van der Waals surface area contributed by atoms with Gasteiger partial charge in [0.1, 0.15) is 11.8 Å². The third-order valence-corrected chi connectivity index (χ3v) is 5.87. The molecule has 3 amide bonds. The average molecular weight is 524 g/mol. The van der Waals surface area contributed by atoms with Crippen LogP contribution in [0.3, 0.4) is 0 Å². The Morgan fingerprint density at radius 2 is 1.84 bits per heavy atom. The molecular formula is C27H33N5O6. The minimum Gasteiger partial charge on any atom is -0.491 e. The van der Waals surface area contributed by atoms with Gasteiger partial charge in [-0.2, -0.15) is 0 Å². The summed E-state index contributed by atoms with van der Waals surface area (Å²) in [4.78, 5) is 51.3. The summed E-state index contributed by atoms with van der Waals surface area (Å²) in [6, 6.07) is 9.94. The molecule has 0 aliphatic rings. The average Bonchev–Trinajstić information content (AvgIpc) is 3.26. The fourth-order valence-electron chi connectivity index (χ4n) is 3.96. The van der Waals surface area contributed by atoms with Gasteiger partial charge in [-0.3, -0.25) is 14.4 Å². The molecule has 11 nitrogen and oxygen atoms in total. The van der Waals surface area contributed by atoms with Crippen molar-refractivity contribution in [1.29, 1.82) is 0 Å². The van der Waals surface area contributed by atoms with Crippen LogP contribution in [0.15, 0.2) is 48.7 Å². The number of aliphatic carboxylic acids is 1. The lowest BCUT2D eigenvalue weighted by Crippen LogP contribution is -2.41. The molecule has 2 aromatic carbocycles. The number of para-hydroxylation sites is 1. The molecule has 0 saturated carbocycles. The topological polar surface area (TPSA) is 190 Å². The van der Waals surface area contributed by atoms with E-state index in [0.717, 1.165) is 16.5 Å². The maximum Gasteiger partial charge on any atom is 0.326 e. The van der Waals surface area contributed by atoms with Gasteiger partial charge in [0.25, 0.3) is 5.91 Å². The monoisotopic (exact) mass is 523 g/mol. The fraction of sp³-hybridized carbons (Fsp3) is 0.333. The van der Waals surface area contributed by atoms with Crippen molar-refractivity contribution in [3.05, 3.63) is 59.8 Å². The molecule has 0 fully saturated rings. The molecule has 11 heteroatoms. The summed E-state index contributed by atoms with van der Waals surface area (Å²) in [7, 11) is 0. The number of fused-ring (bicyclic) bond motifs is 1. The maximum absolute atomic E-state index is 12.9. The Balaban J connectivity index is 1.81. The number of nitrogens with one attached hydrogen (secondary N) is 3. The second-order valence-corrected chi connectivity index (χ2v) is 9.43. The molecule has 0 aliphatic carbocycles. The van der Waals surface area contributed by atoms with E-state index < -0.39 is 35.8 Å². The lowest BCUT2D eigenvalue weighted by molar-refractivity contribution is -0.139. The van der Waals surface area contributed by atoms with Gasteiger partial charge in [-0.15, -0.1) is 0 Å². The predicted octanol–water partition coefficient (Wildman–Crippen LogP) is 2.16. The molecule has 3 aromatic rings. The van der Waals surface area contributed by atoms with E-state index in [1.54, 1.807) is 0 Å². The van der Waals surface area contributed by atoms with Crippen molar-refractivity contribution >= 4 is 40.3 Å². The second-order valence-electron chi connectivity index (χ2n) is 9.43. The highest BCUT2D eigenvalue weighted by Crippen LogP contribution is 2.27. The van der Waals surface area contributed by atoms with Crippen LogP contribution in [0.4, 0.5) is 5.69 Å². The van der Waals surface area contributed by atoms with Crippen LogP contribution < -0.4 is 26.8 Å². The number of carboxylic acids is 1. The number of ether oxygens (including phenoxy) is 1. The van der Waals surface area contributed by atoms with Crippen molar-refractivity contribution in [3.63, 3.8) is 0 Å². The van der Waals surface area contributed by atoms with Crippen LogP contribution in [0, 0.1) is 5.92 Å². The largest absolute Gasteiger partial charge is 0.491 e. The number of amides is 3. The van der Waals surface area contributed by atoms with E-state index in [4.69, 9.17) is 16.2 Å². The number of hydrogen-bond donors (Lipinski definition) is 6. The normalized spacial score (nSPS) is 12.6. The van der Waals surface area contributed by atoms with Gasteiger partial charge in [0.05, 0.1) is 24.8 Å². The van der Waals surface area contributed by atoms with Gasteiger partial charge in [0.2, 0.25) is 11.8 Å². The Labute approximate surface area is 219 Å². The van der Waals surface area contributed by atoms with Crippen molar-refractivity contribution in [3.8, 4) is 5.75 Å². The van der Waals surface area contributed by atoms with Crippen molar-refractivity contribution in [2.45, 2.75) is 45.2 Å². The predicted molar refractivity (Wildman–Crippen MR) is 143 cm³/mol. The molecule has 8 N–H and O–H groups in total. The summed E-state index contributed by atoms with van der Waals surface area (Å²) < 4.78 is 5.97. The maximum atomic E-state index is 12.9. The molecular weight excluding hydrogens is 490 g/mol. The first-order valence-electron chi connectivity index (χ1n) is 12.3. The van der Waals surface area contributed by atoms with Gasteiger partial charge in [-0.25, -0.2) is 4.79 Å². The Bertz CT molecular complexity index is 1320. The van der Waals surface area contributed by atoms with Crippen molar-refractivity contribution in [2.24, 2.45) is 17.4 Å². The van der Waals surface area contributed by atoms with Crippen molar-refractivity contribution in [2.75, 3.05) is 11.9 Å². The molecule has 0 unspecified atom stereocenters. The minimum atomic E-state index is -1.16. The van der Waals surface area contributed by atoms with Gasteiger partial charge in [0.15, 0.2) is 0 Å². The van der Waals surface area contributed by atoms with Crippen molar-refractivity contribution < 1.29 is 29.0 Å². The summed E-state index contributed by atoms with van der Waals surface area (Å²) in [6.45, 7) is 3.94. The van der Waals surface area contributed by atoms with Gasteiger partial charge >= 0.3 is 5.97 Å². The van der Waals surface area contributed by atoms with Crippen LogP contribution >= 0.6 is 0 Å². The number of carbonyl (C=O) groups excluding carboxylic acids is 3. The van der Waals surface area contributed by atoms with E-state index >= 15 is 0 Å². The third kappa shape index (κ3) is 7.56. The second kappa shape index (κ2) is 12.7. The smallest absolute Gasteiger partial charge is 0.326 e. The summed E-state index contributed by atoms with van der Waals surface area (Å²) >= 11 is 0. The number of rotatable bonds is 13. The van der Waals surface area contributed by atoms with Crippen LogP contribution in [0.1, 0.15) is 42.6 Å². The molecule has 2 atom stereocenters. The minimum absolute atomic E-state index is 0.0574. The molecule has 0 bridgehead atoms. The first-order chi connectivity index (χ1) is 18.0. The van der Waals surface area contributed by atoms with Crippen LogP contribution in [0.2, 0.25) is 0 Å². The SMILES string of the molecule is CC(C)C[C@H](NC(=O)c1ccc(NC(=O)[C@@H](N)CC(N)=O)c(OCCc2c[nH]c3ccccc23)c1)C(=O)O. The summed E-state index contributed by atoms with van der Waals surface area (Å²) in [5, 5.41) is 15.7. The van der Waals surface area contributed by atoms with Crippen LogP contribution in [-0.2, 0) is 20.8 Å². The van der Waals surface area contributed by atoms with Crippen LogP contribution in [0.25, 0.3) is 10.9 Å². The number of benzene rings is 2. The summed E-state index contributed by atoms with van der Waals surface area (Å²) in [6.07, 6.45) is 2.35. The van der Waals surface area contributed by atoms with E-state index in [2.05, 4.69) is 15.6 Å². The standard InChI is InChI=1S/C27H33N5O6/c1-15(2)11-22(27(36)37)32-25(34)16-7-8-21(31-26(35)19(28)13-24(29)33)23(12-16)38-10-9-17-14-30-20-6-4-3-5-18(17)20/h3-8,12,14-15,19,22,30H,9-11,13,28H2,1-2H3,(H2,29,33)(H,31,35)(H,32,34)(H,36,37)/t19-,22-/m0/s1. The molecule has 1 heterocycles. The zero-order chi connectivity index (χ0) is 27.8. The molecule has 0 radical (unpaired) electrons. The number of carboxylic acid groups (broad SMARTS) is 1. The Hall–Kier alpha value is -4.38. The number of aromatic nitrogens is 1. The van der Waals surface area contributed by atoms with Gasteiger partial charge in [0, 0.05) is 29.1 Å². The fourth-order valence-corrected chi connectivity index (χ4v) is 3.96. The number of carbonyl (C=O) groups is 4. The Morgan fingerprint density at radius 1 is 1.11 bits per heavy atom.